The van der Waals surface area contributed by atoms with Crippen molar-refractivity contribution < 1.29 is 88.1 Å². The molecule has 0 bridgehead atoms. The second-order valence-corrected chi connectivity index (χ2v) is 22.8. The number of nitrogens with two attached hydrogens (primary N) is 1. The van der Waals surface area contributed by atoms with Gasteiger partial charge in [-0.25, -0.2) is 31.9 Å². The van der Waals surface area contributed by atoms with E-state index in [1.807, 2.05) is 32.0 Å². The number of aliphatic hydroxyl groups excluding tert-OH is 2. The SMILES string of the molecule is CCN(CC)c1ccc2cc(/C=C/c3ccc(S(=O)(=O)[O-])c[n+]3CCCCCC(=O)NCCCCCCNc3nc4c(=O)[nH]c(N)nc4n3[C@@H]3O[C@H](COP(=O)(O)OP(=O)(O)OP(=O)(O)O)[C@@H](O)[C@H]3O)c(=O)oc2c1. The highest BCUT2D eigenvalue weighted by molar-refractivity contribution is 7.85. The Morgan fingerprint density at radius 1 is 0.933 bits per heavy atom. The fourth-order valence-electron chi connectivity index (χ4n) is 8.00. The molecule has 5 heterocycles. The molecule has 0 aliphatic carbocycles. The minimum absolute atomic E-state index is 0.0670. The number of hydrogen-bond acceptors (Lipinski definition) is 21. The van der Waals surface area contributed by atoms with E-state index < -0.39 is 80.8 Å². The highest BCUT2D eigenvalue weighted by Gasteiger charge is 2.48. The number of amides is 1. The van der Waals surface area contributed by atoms with Crippen LogP contribution in [0.5, 0.6) is 0 Å². The van der Waals surface area contributed by atoms with Gasteiger partial charge in [-0.3, -0.25) is 23.7 Å². The van der Waals surface area contributed by atoms with Crippen molar-refractivity contribution in [3.63, 3.8) is 0 Å². The van der Waals surface area contributed by atoms with Crippen LogP contribution in [-0.2, 0) is 53.0 Å². The van der Waals surface area contributed by atoms with Gasteiger partial charge in [-0.2, -0.15) is 18.2 Å². The minimum atomic E-state index is -5.85. The molecule has 5 aromatic rings. The van der Waals surface area contributed by atoms with E-state index in [9.17, 15) is 61.0 Å². The van der Waals surface area contributed by atoms with Gasteiger partial charge in [-0.05, 0) is 69.9 Å². The van der Waals surface area contributed by atoms with E-state index in [0.717, 1.165) is 28.7 Å². The lowest BCUT2D eigenvalue weighted by molar-refractivity contribution is -0.700. The molecule has 1 aromatic carbocycles. The number of phosphoric acid groups is 3. The zero-order valence-electron chi connectivity index (χ0n) is 40.4. The molecule has 2 unspecified atom stereocenters. The second kappa shape index (κ2) is 25.3. The van der Waals surface area contributed by atoms with Gasteiger partial charge in [-0.15, -0.1) is 0 Å². The van der Waals surface area contributed by atoms with E-state index in [1.54, 1.807) is 22.8 Å². The van der Waals surface area contributed by atoms with Crippen molar-refractivity contribution in [3.8, 4) is 0 Å². The highest BCUT2D eigenvalue weighted by Crippen LogP contribution is 2.66. The maximum absolute atomic E-state index is 12.9. The number of anilines is 3. The molecule has 1 aliphatic heterocycles. The summed E-state index contributed by atoms with van der Waals surface area (Å²) in [6, 6.07) is 10.0. The molecule has 6 rings (SSSR count). The lowest BCUT2D eigenvalue weighted by atomic mass is 10.1. The van der Waals surface area contributed by atoms with Gasteiger partial charge in [0.2, 0.25) is 23.5 Å². The molecular formula is C42H58N9O20P3S. The molecule has 29 nitrogen and oxygen atoms in total. The molecule has 33 heteroatoms. The van der Waals surface area contributed by atoms with E-state index in [-0.39, 0.29) is 47.5 Å². The molecule has 0 radical (unpaired) electrons. The first-order valence-corrected chi connectivity index (χ1v) is 29.3. The predicted molar refractivity (Wildman–Crippen MR) is 266 cm³/mol. The molecule has 0 saturated carbocycles. The Morgan fingerprint density at radius 2 is 1.64 bits per heavy atom. The van der Waals surface area contributed by atoms with Gasteiger partial charge in [0.05, 0.1) is 12.2 Å². The first-order valence-electron chi connectivity index (χ1n) is 23.4. The number of aromatic nitrogens is 5. The number of ether oxygens (including phenoxy) is 1. The number of carbonyl (C=O) groups excluding carboxylic acids is 1. The van der Waals surface area contributed by atoms with E-state index in [4.69, 9.17) is 24.7 Å². The van der Waals surface area contributed by atoms with Crippen LogP contribution in [0.25, 0.3) is 34.3 Å². The quantitative estimate of drug-likeness (QED) is 0.0113. The van der Waals surface area contributed by atoms with Crippen LogP contribution in [0.4, 0.5) is 17.6 Å². The van der Waals surface area contributed by atoms with Crippen molar-refractivity contribution in [3.05, 3.63) is 74.6 Å². The number of aliphatic hydroxyl groups is 2. The second-order valence-electron chi connectivity index (χ2n) is 17.0. The van der Waals surface area contributed by atoms with Crippen molar-refractivity contribution in [2.45, 2.75) is 101 Å². The molecule has 6 atom stereocenters. The molecule has 1 aliphatic rings. The summed E-state index contributed by atoms with van der Waals surface area (Å²) in [6.07, 6.45) is 1.92. The molecule has 1 saturated heterocycles. The van der Waals surface area contributed by atoms with Crippen molar-refractivity contribution in [1.29, 1.82) is 0 Å². The number of hydrogen-bond donors (Lipinski definition) is 10. The third kappa shape index (κ3) is 16.4. The maximum Gasteiger partial charge on any atom is 0.490 e. The van der Waals surface area contributed by atoms with Crippen molar-refractivity contribution in [1.82, 2.24) is 24.8 Å². The molecule has 412 valence electrons. The third-order valence-electron chi connectivity index (χ3n) is 11.6. The summed E-state index contributed by atoms with van der Waals surface area (Å²) in [5.74, 6) is -0.571. The molecular weight excluding hydrogens is 1080 g/mol. The van der Waals surface area contributed by atoms with Crippen LogP contribution < -0.4 is 37.0 Å². The molecule has 11 N–H and O–H groups in total. The Hall–Kier alpha value is -5.26. The summed E-state index contributed by atoms with van der Waals surface area (Å²) in [7, 11) is -21.9. The number of benzene rings is 1. The summed E-state index contributed by atoms with van der Waals surface area (Å²) in [4.78, 5) is 87.4. The topological polar surface area (TPSA) is 435 Å². The summed E-state index contributed by atoms with van der Waals surface area (Å²) < 4.78 is 96.5. The van der Waals surface area contributed by atoms with E-state index in [1.165, 1.54) is 18.3 Å². The third-order valence-corrected chi connectivity index (χ3v) is 16.2. The van der Waals surface area contributed by atoms with Crippen LogP contribution in [0.15, 0.2) is 61.5 Å². The van der Waals surface area contributed by atoms with Crippen LogP contribution in [0, 0.1) is 0 Å². The number of nitrogens with zero attached hydrogens (tertiary/aromatic N) is 5. The average Bonchev–Trinajstić information content (AvgIpc) is 3.81. The van der Waals surface area contributed by atoms with Gasteiger partial charge < -0.3 is 64.8 Å². The lowest BCUT2D eigenvalue weighted by Gasteiger charge is -2.20. The number of H-pyrrole nitrogens is 1. The molecule has 1 fully saturated rings. The first-order chi connectivity index (χ1) is 35.3. The van der Waals surface area contributed by atoms with Crippen molar-refractivity contribution in [2.75, 3.05) is 48.7 Å². The zero-order chi connectivity index (χ0) is 54.9. The number of pyridine rings is 1. The molecule has 1 amide bonds. The van der Waals surface area contributed by atoms with Crippen molar-refractivity contribution in [2.24, 2.45) is 0 Å². The zero-order valence-corrected chi connectivity index (χ0v) is 43.9. The van der Waals surface area contributed by atoms with Crippen LogP contribution >= 0.6 is 23.5 Å². The smallest absolute Gasteiger partial charge is 0.490 e. The van der Waals surface area contributed by atoms with E-state index in [2.05, 4.69) is 43.6 Å². The maximum atomic E-state index is 12.9. The number of imidazole rings is 1. The Balaban J connectivity index is 0.942. The van der Waals surface area contributed by atoms with Gasteiger partial charge in [0.25, 0.3) is 5.56 Å². The Kier molecular flexibility index (Phi) is 19.9. The molecule has 75 heavy (non-hydrogen) atoms. The summed E-state index contributed by atoms with van der Waals surface area (Å²) in [5.41, 5.74) is 6.18. The largest absolute Gasteiger partial charge is 0.744 e. The fourth-order valence-corrected chi connectivity index (χ4v) is 11.5. The summed E-state index contributed by atoms with van der Waals surface area (Å²) in [5, 5.41) is 28.3. The Labute approximate surface area is 427 Å². The number of phosphoric ester groups is 1. The van der Waals surface area contributed by atoms with Gasteiger partial charge >= 0.3 is 29.1 Å². The van der Waals surface area contributed by atoms with Gasteiger partial charge in [0, 0.05) is 68.3 Å². The van der Waals surface area contributed by atoms with Crippen LogP contribution in [0.1, 0.15) is 82.7 Å². The van der Waals surface area contributed by atoms with E-state index >= 15 is 0 Å². The summed E-state index contributed by atoms with van der Waals surface area (Å²) in [6.45, 7) is 5.50. The highest BCUT2D eigenvalue weighted by atomic mass is 32.2. The normalized spacial score (nSPS) is 18.9. The average molecular weight is 1130 g/mol. The lowest BCUT2D eigenvalue weighted by Crippen LogP contribution is -2.37. The number of aryl methyl sites for hydroxylation is 1. The monoisotopic (exact) mass is 1130 g/mol. The number of nitrogens with one attached hydrogen (secondary N) is 3. The molecule has 4 aromatic heterocycles. The van der Waals surface area contributed by atoms with Crippen LogP contribution in [-0.4, -0.2) is 119 Å². The van der Waals surface area contributed by atoms with Crippen molar-refractivity contribution >= 4 is 91.4 Å². The van der Waals surface area contributed by atoms with Gasteiger partial charge in [0.15, 0.2) is 23.6 Å². The molecule has 0 spiro atoms. The Morgan fingerprint density at radius 3 is 2.33 bits per heavy atom. The number of fused-ring (bicyclic) bond motifs is 2. The summed E-state index contributed by atoms with van der Waals surface area (Å²) >= 11 is 0. The number of aromatic amines is 1. The minimum Gasteiger partial charge on any atom is -0.744 e. The Bertz CT molecular complexity index is 3260. The number of unbranched alkanes of at least 4 members (excludes halogenated alkanes) is 5. The predicted octanol–water partition coefficient (Wildman–Crippen LogP) is 2.33. The van der Waals surface area contributed by atoms with Crippen LogP contribution in [0.3, 0.4) is 0 Å². The number of nitrogen functional groups attached to an aromatic ring is 1. The number of carbonyl (C=O) groups is 1. The fraction of sp³-hybridized carbons (Fsp3) is 0.476. The first kappa shape index (κ1) is 59.0. The van der Waals surface area contributed by atoms with Gasteiger partial charge in [0.1, 0.15) is 45.5 Å². The van der Waals surface area contributed by atoms with E-state index in [0.29, 0.717) is 69.3 Å². The standard InChI is InChI=1S/C42H58N9O20P3S/c1-3-49(4-2)29-16-13-26-22-27(40(56)69-31(26)23-29)14-15-28-17-18-30(75(64,65)66)24-50(28)21-11-7-8-12-33(52)44-19-9-5-6-10-20-45-42-46-34-37(47-41(43)48-38(34)55)51(42)39-36(54)35(53)32(68-39)25-67-73(60,61)71-74(62,63)70-72(57,58)59/h13-18,22-24,32,35-36,39,53-54H,3-12,19-21,25H2,1-2H3,(H9-,43,44,45,46,47,48,52,55,57,58,59,60,61,62,63,64,65,66)/t32-,35-,36-,39-/m1/s1. The number of rotatable bonds is 28. The van der Waals surface area contributed by atoms with Gasteiger partial charge in [-0.1, -0.05) is 12.8 Å². The van der Waals surface area contributed by atoms with Crippen LogP contribution in [0.2, 0.25) is 0 Å².